The molecule has 0 saturated carbocycles. The molecule has 1 atom stereocenters. The van der Waals surface area contributed by atoms with Gasteiger partial charge in [0.05, 0.1) is 0 Å². The molecule has 0 bridgehead atoms. The molecule has 1 aromatic rings. The Kier molecular flexibility index (Phi) is 3.89. The third-order valence-corrected chi connectivity index (χ3v) is 2.70. The standard InChI is InChI=1S/C13H18O2/c1-9(2)11-4-5-12(13(15)8-11)10(3)6-7-14/h4-5,7-10,15H,6H2,1-3H3. The Hall–Kier alpha value is -1.31. The second-order valence-corrected chi connectivity index (χ2v) is 4.28. The summed E-state index contributed by atoms with van der Waals surface area (Å²) in [4.78, 5) is 10.4. The molecule has 0 aliphatic rings. The van der Waals surface area contributed by atoms with E-state index in [9.17, 15) is 9.90 Å². The first kappa shape index (κ1) is 11.8. The van der Waals surface area contributed by atoms with Gasteiger partial charge in [-0.2, -0.15) is 0 Å². The van der Waals surface area contributed by atoms with E-state index in [1.807, 2.05) is 19.1 Å². The maximum Gasteiger partial charge on any atom is 0.120 e. The van der Waals surface area contributed by atoms with Gasteiger partial charge in [0.15, 0.2) is 0 Å². The van der Waals surface area contributed by atoms with Gasteiger partial charge in [0, 0.05) is 6.42 Å². The third kappa shape index (κ3) is 2.82. The number of benzene rings is 1. The zero-order valence-corrected chi connectivity index (χ0v) is 9.53. The van der Waals surface area contributed by atoms with E-state index in [1.54, 1.807) is 6.07 Å². The lowest BCUT2D eigenvalue weighted by Gasteiger charge is -2.13. The number of phenols is 1. The maximum absolute atomic E-state index is 10.4. The highest BCUT2D eigenvalue weighted by Crippen LogP contribution is 2.30. The first-order chi connectivity index (χ1) is 7.06. The fourth-order valence-electron chi connectivity index (χ4n) is 1.61. The van der Waals surface area contributed by atoms with Gasteiger partial charge < -0.3 is 9.90 Å². The summed E-state index contributed by atoms with van der Waals surface area (Å²) in [5, 5.41) is 9.82. The highest BCUT2D eigenvalue weighted by atomic mass is 16.3. The van der Waals surface area contributed by atoms with Crippen LogP contribution in [0.3, 0.4) is 0 Å². The number of aldehydes is 1. The molecule has 0 amide bonds. The van der Waals surface area contributed by atoms with Crippen molar-refractivity contribution in [2.45, 2.75) is 39.0 Å². The van der Waals surface area contributed by atoms with E-state index in [1.165, 1.54) is 0 Å². The average molecular weight is 206 g/mol. The van der Waals surface area contributed by atoms with Crippen LogP contribution in [0.5, 0.6) is 5.75 Å². The number of phenolic OH excluding ortho intramolecular Hbond substituents is 1. The van der Waals surface area contributed by atoms with Gasteiger partial charge in [0.2, 0.25) is 0 Å². The fraction of sp³-hybridized carbons (Fsp3) is 0.462. The molecule has 82 valence electrons. The Morgan fingerprint density at radius 1 is 1.33 bits per heavy atom. The van der Waals surface area contributed by atoms with Gasteiger partial charge in [0.1, 0.15) is 12.0 Å². The summed E-state index contributed by atoms with van der Waals surface area (Å²) >= 11 is 0. The normalized spacial score (nSPS) is 12.8. The Bertz CT molecular complexity index is 342. The summed E-state index contributed by atoms with van der Waals surface area (Å²) in [5.41, 5.74) is 1.97. The van der Waals surface area contributed by atoms with Gasteiger partial charge in [-0.25, -0.2) is 0 Å². The lowest BCUT2D eigenvalue weighted by atomic mass is 9.94. The number of rotatable bonds is 4. The first-order valence-electron chi connectivity index (χ1n) is 5.32. The average Bonchev–Trinajstić information content (AvgIpc) is 2.17. The van der Waals surface area contributed by atoms with E-state index >= 15 is 0 Å². The van der Waals surface area contributed by atoms with Crippen LogP contribution in [0.4, 0.5) is 0 Å². The molecule has 0 saturated heterocycles. The molecule has 15 heavy (non-hydrogen) atoms. The molecular formula is C13H18O2. The Labute approximate surface area is 90.9 Å². The van der Waals surface area contributed by atoms with Crippen LogP contribution >= 0.6 is 0 Å². The third-order valence-electron chi connectivity index (χ3n) is 2.70. The van der Waals surface area contributed by atoms with Crippen molar-refractivity contribution in [2.24, 2.45) is 0 Å². The summed E-state index contributed by atoms with van der Waals surface area (Å²) < 4.78 is 0. The number of hydrogen-bond acceptors (Lipinski definition) is 2. The monoisotopic (exact) mass is 206 g/mol. The minimum Gasteiger partial charge on any atom is -0.508 e. The van der Waals surface area contributed by atoms with Gasteiger partial charge >= 0.3 is 0 Å². The van der Waals surface area contributed by atoms with Gasteiger partial charge in [-0.1, -0.05) is 32.9 Å². The summed E-state index contributed by atoms with van der Waals surface area (Å²) in [6, 6.07) is 5.72. The van der Waals surface area contributed by atoms with E-state index in [0.717, 1.165) is 17.4 Å². The predicted octanol–water partition coefficient (Wildman–Crippen LogP) is 3.21. The van der Waals surface area contributed by atoms with Crippen molar-refractivity contribution >= 4 is 6.29 Å². The Morgan fingerprint density at radius 3 is 2.47 bits per heavy atom. The van der Waals surface area contributed by atoms with Gasteiger partial charge in [-0.15, -0.1) is 0 Å². The van der Waals surface area contributed by atoms with Crippen LogP contribution in [0.15, 0.2) is 18.2 Å². The minimum atomic E-state index is 0.0868. The summed E-state index contributed by atoms with van der Waals surface area (Å²) in [6.45, 7) is 6.12. The van der Waals surface area contributed by atoms with E-state index in [4.69, 9.17) is 0 Å². The van der Waals surface area contributed by atoms with Crippen LogP contribution in [0.2, 0.25) is 0 Å². The van der Waals surface area contributed by atoms with E-state index in [-0.39, 0.29) is 5.92 Å². The van der Waals surface area contributed by atoms with Crippen LogP contribution in [0, 0.1) is 0 Å². The molecular weight excluding hydrogens is 188 g/mol. The van der Waals surface area contributed by atoms with E-state index in [2.05, 4.69) is 13.8 Å². The van der Waals surface area contributed by atoms with Crippen molar-refractivity contribution in [1.29, 1.82) is 0 Å². The lowest BCUT2D eigenvalue weighted by molar-refractivity contribution is -0.108. The Morgan fingerprint density at radius 2 is 2.00 bits per heavy atom. The van der Waals surface area contributed by atoms with Crippen molar-refractivity contribution in [3.8, 4) is 5.75 Å². The van der Waals surface area contributed by atoms with Crippen LogP contribution in [-0.2, 0) is 4.79 Å². The second kappa shape index (κ2) is 4.96. The first-order valence-corrected chi connectivity index (χ1v) is 5.32. The van der Waals surface area contributed by atoms with Crippen molar-refractivity contribution in [3.63, 3.8) is 0 Å². The molecule has 2 nitrogen and oxygen atoms in total. The van der Waals surface area contributed by atoms with E-state index < -0.39 is 0 Å². The molecule has 1 aromatic carbocycles. The predicted molar refractivity (Wildman–Crippen MR) is 61.3 cm³/mol. The summed E-state index contributed by atoms with van der Waals surface area (Å²) in [6.07, 6.45) is 1.34. The molecule has 1 N–H and O–H groups in total. The number of aromatic hydroxyl groups is 1. The van der Waals surface area contributed by atoms with Crippen molar-refractivity contribution in [3.05, 3.63) is 29.3 Å². The number of hydrogen-bond donors (Lipinski definition) is 1. The summed E-state index contributed by atoms with van der Waals surface area (Å²) in [7, 11) is 0. The van der Waals surface area contributed by atoms with Gasteiger partial charge in [0.25, 0.3) is 0 Å². The molecule has 0 radical (unpaired) electrons. The molecule has 1 unspecified atom stereocenters. The number of carbonyl (C=O) groups excluding carboxylic acids is 1. The lowest BCUT2D eigenvalue weighted by Crippen LogP contribution is -1.96. The molecule has 0 heterocycles. The second-order valence-electron chi connectivity index (χ2n) is 4.28. The van der Waals surface area contributed by atoms with Crippen LogP contribution < -0.4 is 0 Å². The maximum atomic E-state index is 10.4. The summed E-state index contributed by atoms with van der Waals surface area (Å²) in [5.74, 6) is 0.797. The van der Waals surface area contributed by atoms with Crippen molar-refractivity contribution in [1.82, 2.24) is 0 Å². The van der Waals surface area contributed by atoms with Crippen molar-refractivity contribution in [2.75, 3.05) is 0 Å². The SMILES string of the molecule is CC(C)c1ccc(C(C)CC=O)c(O)c1. The van der Waals surface area contributed by atoms with Crippen LogP contribution in [0.1, 0.15) is 50.2 Å². The smallest absolute Gasteiger partial charge is 0.120 e. The molecule has 0 spiro atoms. The highest BCUT2D eigenvalue weighted by molar-refractivity contribution is 5.53. The molecule has 2 heteroatoms. The molecule has 0 fully saturated rings. The van der Waals surface area contributed by atoms with Crippen molar-refractivity contribution < 1.29 is 9.90 Å². The molecule has 0 aliphatic carbocycles. The number of carbonyl (C=O) groups is 1. The van der Waals surface area contributed by atoms with Gasteiger partial charge in [-0.3, -0.25) is 0 Å². The Balaban J connectivity index is 2.97. The zero-order valence-electron chi connectivity index (χ0n) is 9.53. The highest BCUT2D eigenvalue weighted by Gasteiger charge is 2.11. The van der Waals surface area contributed by atoms with Crippen LogP contribution in [0.25, 0.3) is 0 Å². The van der Waals surface area contributed by atoms with Crippen LogP contribution in [-0.4, -0.2) is 11.4 Å². The van der Waals surface area contributed by atoms with E-state index in [0.29, 0.717) is 18.1 Å². The minimum absolute atomic E-state index is 0.0868. The van der Waals surface area contributed by atoms with Gasteiger partial charge in [-0.05, 0) is 29.0 Å². The molecule has 1 rings (SSSR count). The molecule has 0 aromatic heterocycles. The fourth-order valence-corrected chi connectivity index (χ4v) is 1.61. The quantitative estimate of drug-likeness (QED) is 0.768. The zero-order chi connectivity index (χ0) is 11.4. The topological polar surface area (TPSA) is 37.3 Å². The largest absolute Gasteiger partial charge is 0.508 e. The molecule has 0 aliphatic heterocycles.